The number of nitrogens with one attached hydrogen (secondary N) is 1. The highest BCUT2D eigenvalue weighted by atomic mass is 35.5. The highest BCUT2D eigenvalue weighted by molar-refractivity contribution is 6.34. The number of primary amides is 1. The van der Waals surface area contributed by atoms with E-state index >= 15 is 0 Å². The molecule has 0 aliphatic heterocycles. The van der Waals surface area contributed by atoms with E-state index in [1.807, 2.05) is 13.8 Å². The van der Waals surface area contributed by atoms with E-state index < -0.39 is 11.9 Å². The van der Waals surface area contributed by atoms with Gasteiger partial charge in [-0.2, -0.15) is 0 Å². The SMILES string of the molecule is CC(C)[C@H](N)C(=O)Nc1ccc(C(N)=O)c(Cl)c1. The summed E-state index contributed by atoms with van der Waals surface area (Å²) < 4.78 is 0. The van der Waals surface area contributed by atoms with Crippen LogP contribution in [-0.2, 0) is 4.79 Å². The van der Waals surface area contributed by atoms with Crippen LogP contribution >= 0.6 is 11.6 Å². The molecule has 18 heavy (non-hydrogen) atoms. The normalized spacial score (nSPS) is 12.3. The van der Waals surface area contributed by atoms with Crippen molar-refractivity contribution in [2.75, 3.05) is 5.32 Å². The van der Waals surface area contributed by atoms with Gasteiger partial charge in [0.1, 0.15) is 0 Å². The van der Waals surface area contributed by atoms with Crippen LogP contribution in [0.4, 0.5) is 5.69 Å². The smallest absolute Gasteiger partial charge is 0.250 e. The fraction of sp³-hybridized carbons (Fsp3) is 0.333. The molecule has 5 nitrogen and oxygen atoms in total. The lowest BCUT2D eigenvalue weighted by atomic mass is 10.0. The zero-order valence-corrected chi connectivity index (χ0v) is 11.0. The van der Waals surface area contributed by atoms with Crippen molar-refractivity contribution < 1.29 is 9.59 Å². The van der Waals surface area contributed by atoms with Gasteiger partial charge in [-0.15, -0.1) is 0 Å². The molecule has 0 aliphatic carbocycles. The maximum atomic E-state index is 11.7. The Morgan fingerprint density at radius 1 is 1.33 bits per heavy atom. The Labute approximate surface area is 110 Å². The monoisotopic (exact) mass is 269 g/mol. The second-order valence-electron chi connectivity index (χ2n) is 4.32. The minimum Gasteiger partial charge on any atom is -0.366 e. The molecule has 0 aliphatic rings. The molecule has 6 heteroatoms. The van der Waals surface area contributed by atoms with Crippen LogP contribution in [-0.4, -0.2) is 17.9 Å². The summed E-state index contributed by atoms with van der Waals surface area (Å²) in [5.41, 5.74) is 11.5. The lowest BCUT2D eigenvalue weighted by Gasteiger charge is -2.15. The predicted molar refractivity (Wildman–Crippen MR) is 71.4 cm³/mol. The van der Waals surface area contributed by atoms with Gasteiger partial charge in [0.2, 0.25) is 11.8 Å². The number of hydrogen-bond donors (Lipinski definition) is 3. The Kier molecular flexibility index (Phi) is 4.69. The van der Waals surface area contributed by atoms with E-state index in [1.165, 1.54) is 12.1 Å². The first-order valence-electron chi connectivity index (χ1n) is 5.48. The van der Waals surface area contributed by atoms with Crippen LogP contribution in [0.2, 0.25) is 5.02 Å². The lowest BCUT2D eigenvalue weighted by molar-refractivity contribution is -0.118. The molecule has 0 unspecified atom stereocenters. The van der Waals surface area contributed by atoms with E-state index in [2.05, 4.69) is 5.32 Å². The fourth-order valence-electron chi connectivity index (χ4n) is 1.32. The number of halogens is 1. The average Bonchev–Trinajstić information content (AvgIpc) is 2.27. The van der Waals surface area contributed by atoms with Crippen molar-refractivity contribution in [3.05, 3.63) is 28.8 Å². The zero-order chi connectivity index (χ0) is 13.9. The van der Waals surface area contributed by atoms with Crippen LogP contribution in [0.25, 0.3) is 0 Å². The number of carbonyl (C=O) groups excluding carboxylic acids is 2. The van der Waals surface area contributed by atoms with Gasteiger partial charge in [0.05, 0.1) is 16.6 Å². The molecule has 1 atom stereocenters. The third kappa shape index (κ3) is 3.45. The Balaban J connectivity index is 2.84. The first kappa shape index (κ1) is 14.5. The number of nitrogens with two attached hydrogens (primary N) is 2. The molecule has 1 aromatic carbocycles. The summed E-state index contributed by atoms with van der Waals surface area (Å²) in [5, 5.41) is 2.82. The van der Waals surface area contributed by atoms with Crippen molar-refractivity contribution in [2.24, 2.45) is 17.4 Å². The number of carbonyl (C=O) groups is 2. The third-order valence-electron chi connectivity index (χ3n) is 2.52. The topological polar surface area (TPSA) is 98.2 Å². The number of amides is 2. The van der Waals surface area contributed by atoms with Crippen LogP contribution in [0.5, 0.6) is 0 Å². The van der Waals surface area contributed by atoms with Gasteiger partial charge in [0.15, 0.2) is 0 Å². The van der Waals surface area contributed by atoms with E-state index in [9.17, 15) is 9.59 Å². The highest BCUT2D eigenvalue weighted by Crippen LogP contribution is 2.20. The highest BCUT2D eigenvalue weighted by Gasteiger charge is 2.17. The summed E-state index contributed by atoms with van der Waals surface area (Å²) in [6.07, 6.45) is 0. The third-order valence-corrected chi connectivity index (χ3v) is 2.84. The Morgan fingerprint density at radius 3 is 2.39 bits per heavy atom. The van der Waals surface area contributed by atoms with Gasteiger partial charge in [-0.1, -0.05) is 25.4 Å². The molecule has 0 fully saturated rings. The summed E-state index contributed by atoms with van der Waals surface area (Å²) in [7, 11) is 0. The number of hydrogen-bond acceptors (Lipinski definition) is 3. The standard InChI is InChI=1S/C12H16ClN3O2/c1-6(2)10(14)12(18)16-7-3-4-8(11(15)17)9(13)5-7/h3-6,10H,14H2,1-2H3,(H2,15,17)(H,16,18)/t10-/m0/s1. The molecule has 0 aromatic heterocycles. The number of rotatable bonds is 4. The molecule has 0 heterocycles. The molecule has 5 N–H and O–H groups in total. The van der Waals surface area contributed by atoms with Crippen LogP contribution < -0.4 is 16.8 Å². The minimum absolute atomic E-state index is 0.0327. The molecule has 1 rings (SSSR count). The van der Waals surface area contributed by atoms with Gasteiger partial charge < -0.3 is 16.8 Å². The van der Waals surface area contributed by atoms with E-state index in [0.29, 0.717) is 5.69 Å². The molecule has 0 saturated carbocycles. The first-order valence-corrected chi connectivity index (χ1v) is 5.86. The van der Waals surface area contributed by atoms with Crippen molar-refractivity contribution in [2.45, 2.75) is 19.9 Å². The molecule has 98 valence electrons. The molecule has 0 radical (unpaired) electrons. The van der Waals surface area contributed by atoms with Crippen molar-refractivity contribution in [3.8, 4) is 0 Å². The molecular weight excluding hydrogens is 254 g/mol. The van der Waals surface area contributed by atoms with E-state index in [1.54, 1.807) is 6.07 Å². The lowest BCUT2D eigenvalue weighted by Crippen LogP contribution is -2.39. The summed E-state index contributed by atoms with van der Waals surface area (Å²) >= 11 is 5.87. The van der Waals surface area contributed by atoms with Gasteiger partial charge in [0.25, 0.3) is 0 Å². The van der Waals surface area contributed by atoms with Gasteiger partial charge >= 0.3 is 0 Å². The van der Waals surface area contributed by atoms with Crippen LogP contribution in [0.1, 0.15) is 24.2 Å². The van der Waals surface area contributed by atoms with Gasteiger partial charge in [-0.25, -0.2) is 0 Å². The van der Waals surface area contributed by atoms with Gasteiger partial charge in [-0.3, -0.25) is 9.59 Å². The summed E-state index contributed by atoms with van der Waals surface area (Å²) in [4.78, 5) is 22.7. The maximum Gasteiger partial charge on any atom is 0.250 e. The number of benzene rings is 1. The summed E-state index contributed by atoms with van der Waals surface area (Å²) in [5.74, 6) is -0.880. The van der Waals surface area contributed by atoms with Crippen molar-refractivity contribution in [1.29, 1.82) is 0 Å². The van der Waals surface area contributed by atoms with Gasteiger partial charge in [0, 0.05) is 5.69 Å². The van der Waals surface area contributed by atoms with E-state index in [-0.39, 0.29) is 22.4 Å². The Hall–Kier alpha value is -1.59. The Morgan fingerprint density at radius 2 is 1.94 bits per heavy atom. The van der Waals surface area contributed by atoms with Crippen LogP contribution in [0.15, 0.2) is 18.2 Å². The Bertz CT molecular complexity index is 474. The number of anilines is 1. The summed E-state index contributed by atoms with van der Waals surface area (Å²) in [6, 6.07) is 3.88. The van der Waals surface area contributed by atoms with E-state index in [0.717, 1.165) is 0 Å². The summed E-state index contributed by atoms with van der Waals surface area (Å²) in [6.45, 7) is 3.71. The van der Waals surface area contributed by atoms with Crippen molar-refractivity contribution >= 4 is 29.1 Å². The van der Waals surface area contributed by atoms with Crippen molar-refractivity contribution in [3.63, 3.8) is 0 Å². The molecule has 2 amide bonds. The second-order valence-corrected chi connectivity index (χ2v) is 4.73. The zero-order valence-electron chi connectivity index (χ0n) is 10.2. The minimum atomic E-state index is -0.614. The van der Waals surface area contributed by atoms with Crippen LogP contribution in [0.3, 0.4) is 0 Å². The average molecular weight is 270 g/mol. The quantitative estimate of drug-likeness (QED) is 0.770. The molecule has 0 spiro atoms. The van der Waals surface area contributed by atoms with E-state index in [4.69, 9.17) is 23.1 Å². The molecular formula is C12H16ClN3O2. The fourth-order valence-corrected chi connectivity index (χ4v) is 1.59. The maximum absolute atomic E-state index is 11.7. The predicted octanol–water partition coefficient (Wildman–Crippen LogP) is 1.36. The second kappa shape index (κ2) is 5.84. The molecule has 0 saturated heterocycles. The molecule has 0 bridgehead atoms. The van der Waals surface area contributed by atoms with Crippen molar-refractivity contribution in [1.82, 2.24) is 0 Å². The van der Waals surface area contributed by atoms with Gasteiger partial charge in [-0.05, 0) is 24.1 Å². The first-order chi connectivity index (χ1) is 8.32. The largest absolute Gasteiger partial charge is 0.366 e. The molecule has 1 aromatic rings. The van der Waals surface area contributed by atoms with Crippen LogP contribution in [0, 0.1) is 5.92 Å².